The number of benzene rings is 1. The number of rotatable bonds is 7. The molecule has 1 N–H and O–H groups in total. The number of nitrogens with zero attached hydrogens (tertiary/aromatic N) is 2. The van der Waals surface area contributed by atoms with Crippen molar-refractivity contribution in [1.29, 1.82) is 0 Å². The summed E-state index contributed by atoms with van der Waals surface area (Å²) < 4.78 is 27.9. The summed E-state index contributed by atoms with van der Waals surface area (Å²) in [6.07, 6.45) is 2.05. The molecule has 1 aromatic heterocycles. The number of aromatic nitrogens is 1. The maximum atomic E-state index is 12.7. The number of pyridine rings is 1. The van der Waals surface area contributed by atoms with Crippen LogP contribution in [0.25, 0.3) is 0 Å². The monoisotopic (exact) mass is 435 g/mol. The summed E-state index contributed by atoms with van der Waals surface area (Å²) in [7, 11) is -3.70. The van der Waals surface area contributed by atoms with E-state index in [9.17, 15) is 18.0 Å². The van der Waals surface area contributed by atoms with Crippen LogP contribution in [-0.2, 0) is 21.4 Å². The Labute approximate surface area is 175 Å². The first kappa shape index (κ1) is 21.6. The summed E-state index contributed by atoms with van der Waals surface area (Å²) in [6.45, 7) is 3.94. The third-order valence-electron chi connectivity index (χ3n) is 4.91. The van der Waals surface area contributed by atoms with Gasteiger partial charge in [-0.05, 0) is 24.1 Å². The molecule has 1 atom stereocenters. The van der Waals surface area contributed by atoms with Crippen molar-refractivity contribution in [1.82, 2.24) is 14.2 Å². The average Bonchev–Trinajstić information content (AvgIpc) is 2.70. The lowest BCUT2D eigenvalue weighted by molar-refractivity contribution is -0.122. The van der Waals surface area contributed by atoms with Crippen molar-refractivity contribution in [2.75, 3.05) is 18.8 Å². The summed E-state index contributed by atoms with van der Waals surface area (Å²) >= 11 is 1.76. The molecule has 2 aromatic rings. The zero-order chi connectivity index (χ0) is 21.0. The number of carbonyl (C=O) groups is 1. The lowest BCUT2D eigenvalue weighted by Crippen LogP contribution is -2.36. The van der Waals surface area contributed by atoms with Crippen molar-refractivity contribution >= 4 is 27.7 Å². The molecule has 1 aromatic carbocycles. The summed E-state index contributed by atoms with van der Waals surface area (Å²) in [5.41, 5.74) is 0.653. The van der Waals surface area contributed by atoms with Crippen molar-refractivity contribution in [3.8, 4) is 0 Å². The molecule has 156 valence electrons. The summed E-state index contributed by atoms with van der Waals surface area (Å²) in [4.78, 5) is 26.0. The second-order valence-electron chi connectivity index (χ2n) is 6.72. The molecule has 1 unspecified atom stereocenters. The Morgan fingerprint density at radius 3 is 2.66 bits per heavy atom. The van der Waals surface area contributed by atoms with Crippen molar-refractivity contribution in [2.24, 2.45) is 0 Å². The van der Waals surface area contributed by atoms with Crippen LogP contribution in [-0.4, -0.2) is 42.0 Å². The molecular formula is C20H25N3O4S2. The quantitative estimate of drug-likeness (QED) is 0.721. The van der Waals surface area contributed by atoms with Gasteiger partial charge in [0, 0.05) is 36.0 Å². The molecule has 0 bridgehead atoms. The minimum Gasteiger partial charge on any atom is -0.348 e. The number of amides is 1. The summed E-state index contributed by atoms with van der Waals surface area (Å²) in [5, 5.41) is 2.98. The van der Waals surface area contributed by atoms with Crippen molar-refractivity contribution in [3.05, 3.63) is 58.5 Å². The van der Waals surface area contributed by atoms with Gasteiger partial charge in [-0.25, -0.2) is 8.42 Å². The molecule has 0 saturated carbocycles. The number of hydrogen-bond acceptors (Lipinski definition) is 5. The molecule has 0 radical (unpaired) electrons. The molecule has 1 aliphatic heterocycles. The zero-order valence-electron chi connectivity index (χ0n) is 16.5. The first-order valence-electron chi connectivity index (χ1n) is 9.58. The van der Waals surface area contributed by atoms with Crippen LogP contribution in [0.5, 0.6) is 0 Å². The first-order chi connectivity index (χ1) is 13.9. The number of sulfonamides is 1. The Morgan fingerprint density at radius 1 is 1.21 bits per heavy atom. The third-order valence-corrected chi connectivity index (χ3v) is 8.06. The van der Waals surface area contributed by atoms with Crippen molar-refractivity contribution in [2.45, 2.75) is 42.6 Å². The highest BCUT2D eigenvalue weighted by atomic mass is 32.2. The van der Waals surface area contributed by atoms with Gasteiger partial charge in [-0.2, -0.15) is 4.31 Å². The van der Waals surface area contributed by atoms with E-state index in [1.807, 2.05) is 24.3 Å². The standard InChI is InChI=1S/C20H25N3O4S2/c1-3-23(4-2)29(26,27)15-9-10-20(25)22(13-15)14-19(24)21-17-11-12-28-18-8-6-5-7-16(17)18/h5-10,13,17H,3-4,11-12,14H2,1-2H3,(H,21,24). The Morgan fingerprint density at radius 2 is 1.93 bits per heavy atom. The fourth-order valence-electron chi connectivity index (χ4n) is 3.38. The van der Waals surface area contributed by atoms with Gasteiger partial charge in [0.05, 0.1) is 10.9 Å². The molecule has 0 aliphatic carbocycles. The molecule has 9 heteroatoms. The Bertz CT molecular complexity index is 1050. The minimum atomic E-state index is -3.70. The zero-order valence-corrected chi connectivity index (χ0v) is 18.1. The van der Waals surface area contributed by atoms with Gasteiger partial charge in [0.25, 0.3) is 5.56 Å². The molecule has 0 fully saturated rings. The van der Waals surface area contributed by atoms with E-state index in [2.05, 4.69) is 5.32 Å². The SMILES string of the molecule is CCN(CC)S(=O)(=O)c1ccc(=O)n(CC(=O)NC2CCSc3ccccc32)c1. The molecular weight excluding hydrogens is 410 g/mol. The molecule has 1 amide bonds. The molecule has 3 rings (SSSR count). The van der Waals surface area contributed by atoms with Crippen LogP contribution in [0.2, 0.25) is 0 Å². The number of hydrogen-bond donors (Lipinski definition) is 1. The maximum Gasteiger partial charge on any atom is 0.251 e. The van der Waals surface area contributed by atoms with E-state index in [0.717, 1.165) is 27.2 Å². The van der Waals surface area contributed by atoms with E-state index < -0.39 is 15.6 Å². The first-order valence-corrected chi connectivity index (χ1v) is 12.0. The van der Waals surface area contributed by atoms with Crippen LogP contribution in [0.1, 0.15) is 31.9 Å². The van der Waals surface area contributed by atoms with Gasteiger partial charge in [0.15, 0.2) is 0 Å². The number of fused-ring (bicyclic) bond motifs is 1. The fraction of sp³-hybridized carbons (Fsp3) is 0.400. The van der Waals surface area contributed by atoms with Crippen LogP contribution in [0.3, 0.4) is 0 Å². The Balaban J connectivity index is 1.79. The maximum absolute atomic E-state index is 12.7. The van der Waals surface area contributed by atoms with E-state index >= 15 is 0 Å². The van der Waals surface area contributed by atoms with Crippen LogP contribution in [0.15, 0.2) is 57.2 Å². The molecule has 29 heavy (non-hydrogen) atoms. The largest absolute Gasteiger partial charge is 0.348 e. The number of nitrogens with one attached hydrogen (secondary N) is 1. The highest BCUT2D eigenvalue weighted by Gasteiger charge is 2.24. The average molecular weight is 436 g/mol. The van der Waals surface area contributed by atoms with Gasteiger partial charge in [0.2, 0.25) is 15.9 Å². The molecule has 2 heterocycles. The van der Waals surface area contributed by atoms with E-state index in [-0.39, 0.29) is 23.4 Å². The van der Waals surface area contributed by atoms with Crippen LogP contribution in [0.4, 0.5) is 0 Å². The van der Waals surface area contributed by atoms with E-state index in [1.165, 1.54) is 22.6 Å². The predicted molar refractivity (Wildman–Crippen MR) is 113 cm³/mol. The van der Waals surface area contributed by atoms with Crippen molar-refractivity contribution < 1.29 is 13.2 Å². The Hall–Kier alpha value is -2.10. The molecule has 0 spiro atoms. The minimum absolute atomic E-state index is 0.00742. The fourth-order valence-corrected chi connectivity index (χ4v) is 5.99. The van der Waals surface area contributed by atoms with Gasteiger partial charge >= 0.3 is 0 Å². The lowest BCUT2D eigenvalue weighted by atomic mass is 10.0. The molecule has 1 aliphatic rings. The van der Waals surface area contributed by atoms with E-state index in [0.29, 0.717) is 13.1 Å². The van der Waals surface area contributed by atoms with Crippen LogP contribution < -0.4 is 10.9 Å². The molecule has 0 saturated heterocycles. The smallest absolute Gasteiger partial charge is 0.251 e. The second kappa shape index (κ2) is 9.15. The number of thioether (sulfide) groups is 1. The van der Waals surface area contributed by atoms with Crippen LogP contribution >= 0.6 is 11.8 Å². The summed E-state index contributed by atoms with van der Waals surface area (Å²) in [6, 6.07) is 10.3. The topological polar surface area (TPSA) is 88.5 Å². The predicted octanol–water partition coefficient (Wildman–Crippen LogP) is 2.23. The summed E-state index contributed by atoms with van der Waals surface area (Å²) in [5.74, 6) is 0.579. The highest BCUT2D eigenvalue weighted by Crippen LogP contribution is 2.35. The Kier molecular flexibility index (Phi) is 6.81. The molecule has 7 nitrogen and oxygen atoms in total. The van der Waals surface area contributed by atoms with Gasteiger partial charge < -0.3 is 9.88 Å². The van der Waals surface area contributed by atoms with E-state index in [1.54, 1.807) is 25.6 Å². The van der Waals surface area contributed by atoms with Crippen molar-refractivity contribution in [3.63, 3.8) is 0 Å². The highest BCUT2D eigenvalue weighted by molar-refractivity contribution is 7.99. The second-order valence-corrected chi connectivity index (χ2v) is 9.79. The van der Waals surface area contributed by atoms with Crippen LogP contribution in [0, 0.1) is 0 Å². The lowest BCUT2D eigenvalue weighted by Gasteiger charge is -2.26. The normalized spacial score (nSPS) is 16.4. The number of carbonyl (C=O) groups excluding carboxylic acids is 1. The third kappa shape index (κ3) is 4.73. The van der Waals surface area contributed by atoms with Gasteiger partial charge in [0.1, 0.15) is 6.54 Å². The van der Waals surface area contributed by atoms with Gasteiger partial charge in [-0.1, -0.05) is 32.0 Å². The van der Waals surface area contributed by atoms with Gasteiger partial charge in [-0.3, -0.25) is 9.59 Å². The van der Waals surface area contributed by atoms with E-state index in [4.69, 9.17) is 0 Å². The van der Waals surface area contributed by atoms with Gasteiger partial charge in [-0.15, -0.1) is 11.8 Å².